The Hall–Kier alpha value is -0.250. The van der Waals surface area contributed by atoms with Gasteiger partial charge in [-0.1, -0.05) is 0 Å². The summed E-state index contributed by atoms with van der Waals surface area (Å²) in [4.78, 5) is 15.4. The number of hydrogen-bond acceptors (Lipinski definition) is 2. The molecule has 19 heavy (non-hydrogen) atoms. The lowest BCUT2D eigenvalue weighted by molar-refractivity contribution is -0.203. The molecule has 0 radical (unpaired) electrons. The number of piperazine rings is 1. The Labute approximate surface area is 123 Å². The van der Waals surface area contributed by atoms with Gasteiger partial charge in [-0.3, -0.25) is 0 Å². The van der Waals surface area contributed by atoms with E-state index in [9.17, 15) is 18.0 Å². The highest BCUT2D eigenvalue weighted by Gasteiger charge is 2.51. The van der Waals surface area contributed by atoms with Gasteiger partial charge < -0.3 is 9.80 Å². The molecule has 2 atom stereocenters. The Kier molecular flexibility index (Phi) is 3.35. The first-order valence-electron chi connectivity index (χ1n) is 6.41. The number of halogens is 4. The van der Waals surface area contributed by atoms with Gasteiger partial charge in [0.1, 0.15) is 0 Å². The van der Waals surface area contributed by atoms with Crippen molar-refractivity contribution < 1.29 is 18.0 Å². The smallest absolute Gasteiger partial charge is 0.323 e. The SMILES string of the molecule is O=C(N1CC(C(F)(F)F)C1)N1C2CCC1CN(I)C2. The number of carbonyl (C=O) groups is 1. The Morgan fingerprint density at radius 3 is 2.05 bits per heavy atom. The molecule has 108 valence electrons. The normalized spacial score (nSPS) is 32.6. The molecular formula is C11H15F3IN3O. The number of likely N-dealkylation sites (tertiary alicyclic amines) is 1. The molecule has 8 heteroatoms. The van der Waals surface area contributed by atoms with E-state index in [0.29, 0.717) is 0 Å². The van der Waals surface area contributed by atoms with Gasteiger partial charge in [-0.05, 0) is 12.8 Å². The number of alkyl halides is 3. The largest absolute Gasteiger partial charge is 0.395 e. The van der Waals surface area contributed by atoms with E-state index in [1.807, 2.05) is 4.90 Å². The van der Waals surface area contributed by atoms with Crippen molar-refractivity contribution in [1.82, 2.24) is 12.9 Å². The molecule has 3 aliphatic heterocycles. The maximum Gasteiger partial charge on any atom is 0.395 e. The summed E-state index contributed by atoms with van der Waals surface area (Å²) in [7, 11) is 0. The molecule has 0 aromatic rings. The van der Waals surface area contributed by atoms with Gasteiger partial charge in [-0.2, -0.15) is 13.2 Å². The lowest BCUT2D eigenvalue weighted by Gasteiger charge is -2.46. The maximum absolute atomic E-state index is 12.4. The highest BCUT2D eigenvalue weighted by atomic mass is 127. The third-order valence-electron chi connectivity index (χ3n) is 4.27. The van der Waals surface area contributed by atoms with Crippen molar-refractivity contribution in [2.75, 3.05) is 26.2 Å². The van der Waals surface area contributed by atoms with Crippen LogP contribution in [-0.2, 0) is 0 Å². The van der Waals surface area contributed by atoms with Crippen LogP contribution in [0.25, 0.3) is 0 Å². The molecule has 2 unspecified atom stereocenters. The fourth-order valence-corrected chi connectivity index (χ4v) is 4.08. The predicted molar refractivity (Wildman–Crippen MR) is 70.8 cm³/mol. The van der Waals surface area contributed by atoms with Crippen molar-refractivity contribution >= 4 is 28.9 Å². The lowest BCUT2D eigenvalue weighted by atomic mass is 10.00. The summed E-state index contributed by atoms with van der Waals surface area (Å²) >= 11 is 2.25. The second kappa shape index (κ2) is 4.64. The van der Waals surface area contributed by atoms with Gasteiger partial charge in [0, 0.05) is 61.1 Å². The Balaban J connectivity index is 1.61. The topological polar surface area (TPSA) is 26.8 Å². The minimum atomic E-state index is -4.17. The van der Waals surface area contributed by atoms with Crippen molar-refractivity contribution in [1.29, 1.82) is 0 Å². The van der Waals surface area contributed by atoms with Crippen molar-refractivity contribution in [3.05, 3.63) is 0 Å². The lowest BCUT2D eigenvalue weighted by Crippen LogP contribution is -2.63. The molecule has 0 spiro atoms. The van der Waals surface area contributed by atoms with Gasteiger partial charge in [0.25, 0.3) is 0 Å². The van der Waals surface area contributed by atoms with E-state index >= 15 is 0 Å². The molecule has 0 aliphatic carbocycles. The van der Waals surface area contributed by atoms with Crippen LogP contribution in [-0.4, -0.2) is 63.4 Å². The van der Waals surface area contributed by atoms with E-state index in [2.05, 4.69) is 26.0 Å². The zero-order valence-corrected chi connectivity index (χ0v) is 12.4. The molecule has 0 aromatic heterocycles. The summed E-state index contributed by atoms with van der Waals surface area (Å²) in [5, 5.41) is 0. The molecule has 2 bridgehead atoms. The molecule has 4 nitrogen and oxygen atoms in total. The van der Waals surface area contributed by atoms with E-state index < -0.39 is 12.1 Å². The van der Waals surface area contributed by atoms with Crippen LogP contribution in [0.2, 0.25) is 0 Å². The van der Waals surface area contributed by atoms with Crippen LogP contribution in [0.5, 0.6) is 0 Å². The van der Waals surface area contributed by atoms with E-state index in [0.717, 1.165) is 25.9 Å². The maximum atomic E-state index is 12.4. The second-order valence-electron chi connectivity index (χ2n) is 5.55. The number of carbonyl (C=O) groups excluding carboxylic acids is 1. The molecule has 0 saturated carbocycles. The summed E-state index contributed by atoms with van der Waals surface area (Å²) in [6, 6.07) is 0.152. The van der Waals surface area contributed by atoms with Gasteiger partial charge in [0.05, 0.1) is 5.92 Å². The third kappa shape index (κ3) is 2.41. The van der Waals surface area contributed by atoms with Crippen LogP contribution in [0.1, 0.15) is 12.8 Å². The molecule has 0 N–H and O–H groups in total. The first kappa shape index (κ1) is 13.7. The summed E-state index contributed by atoms with van der Waals surface area (Å²) in [6.45, 7) is 1.29. The molecule has 0 aromatic carbocycles. The first-order chi connectivity index (χ1) is 8.86. The van der Waals surface area contributed by atoms with Gasteiger partial charge >= 0.3 is 12.2 Å². The predicted octanol–water partition coefficient (Wildman–Crippen LogP) is 2.10. The number of urea groups is 1. The number of nitrogens with zero attached hydrogens (tertiary/aromatic N) is 3. The van der Waals surface area contributed by atoms with Crippen molar-refractivity contribution in [3.8, 4) is 0 Å². The zero-order valence-electron chi connectivity index (χ0n) is 10.2. The molecule has 3 aliphatic rings. The molecule has 3 heterocycles. The minimum absolute atomic E-state index is 0.174. The average molecular weight is 389 g/mol. The highest BCUT2D eigenvalue weighted by Crippen LogP contribution is 2.37. The van der Waals surface area contributed by atoms with Crippen molar-refractivity contribution in [3.63, 3.8) is 0 Å². The van der Waals surface area contributed by atoms with E-state index in [1.54, 1.807) is 0 Å². The fraction of sp³-hybridized carbons (Fsp3) is 0.909. The van der Waals surface area contributed by atoms with Crippen LogP contribution in [0.3, 0.4) is 0 Å². The van der Waals surface area contributed by atoms with Crippen molar-refractivity contribution in [2.45, 2.75) is 31.1 Å². The number of hydrogen-bond donors (Lipinski definition) is 0. The van der Waals surface area contributed by atoms with Crippen LogP contribution in [0.4, 0.5) is 18.0 Å². The van der Waals surface area contributed by atoms with E-state index in [-0.39, 0.29) is 31.2 Å². The van der Waals surface area contributed by atoms with Gasteiger partial charge in [0.15, 0.2) is 0 Å². The molecular weight excluding hydrogens is 374 g/mol. The molecule has 3 fully saturated rings. The Bertz CT molecular complexity index is 372. The summed E-state index contributed by atoms with van der Waals surface area (Å²) in [5.41, 5.74) is 0. The number of rotatable bonds is 0. The summed E-state index contributed by atoms with van der Waals surface area (Å²) in [6.07, 6.45) is -2.24. The zero-order chi connectivity index (χ0) is 13.8. The molecule has 3 rings (SSSR count). The van der Waals surface area contributed by atoms with Gasteiger partial charge in [-0.15, -0.1) is 0 Å². The quantitative estimate of drug-likeness (QED) is 0.469. The summed E-state index contributed by atoms with van der Waals surface area (Å²) < 4.78 is 39.5. The molecule has 3 saturated heterocycles. The molecule has 2 amide bonds. The summed E-state index contributed by atoms with van der Waals surface area (Å²) in [5.74, 6) is -1.33. The van der Waals surface area contributed by atoms with E-state index in [4.69, 9.17) is 0 Å². The standard InChI is InChI=1S/C11H15F3IN3O/c12-11(13,14)7-3-16(4-7)10(19)18-8-1-2-9(18)6-17(15)5-8/h7-9H,1-6H2. The first-order valence-corrected chi connectivity index (χ1v) is 7.37. The number of amides is 2. The third-order valence-corrected chi connectivity index (χ3v) is 5.06. The van der Waals surface area contributed by atoms with Crippen molar-refractivity contribution in [2.24, 2.45) is 5.92 Å². The average Bonchev–Trinajstić information content (AvgIpc) is 2.46. The highest BCUT2D eigenvalue weighted by molar-refractivity contribution is 14.1. The van der Waals surface area contributed by atoms with Crippen LogP contribution < -0.4 is 0 Å². The minimum Gasteiger partial charge on any atom is -0.323 e. The van der Waals surface area contributed by atoms with Crippen LogP contribution in [0, 0.1) is 5.92 Å². The Morgan fingerprint density at radius 2 is 1.58 bits per heavy atom. The second-order valence-corrected chi connectivity index (χ2v) is 6.91. The van der Waals surface area contributed by atoms with Gasteiger partial charge in [-0.25, -0.2) is 7.91 Å². The Morgan fingerprint density at radius 1 is 1.05 bits per heavy atom. The fourth-order valence-electron chi connectivity index (χ4n) is 3.17. The number of fused-ring (bicyclic) bond motifs is 2. The van der Waals surface area contributed by atoms with Crippen LogP contribution >= 0.6 is 22.9 Å². The van der Waals surface area contributed by atoms with Gasteiger partial charge in [0.2, 0.25) is 0 Å². The van der Waals surface area contributed by atoms with Crippen LogP contribution in [0.15, 0.2) is 0 Å². The van der Waals surface area contributed by atoms with E-state index in [1.165, 1.54) is 4.90 Å². The monoisotopic (exact) mass is 389 g/mol.